The molecule has 21 heavy (non-hydrogen) atoms. The van der Waals surface area contributed by atoms with E-state index in [0.29, 0.717) is 24.5 Å². The molecule has 0 aromatic heterocycles. The van der Waals surface area contributed by atoms with Gasteiger partial charge in [0.2, 0.25) is 0 Å². The predicted octanol–water partition coefficient (Wildman–Crippen LogP) is 3.89. The molecule has 1 heterocycles. The van der Waals surface area contributed by atoms with Gasteiger partial charge in [-0.2, -0.15) is 0 Å². The first-order valence-corrected chi connectivity index (χ1v) is 7.52. The molecule has 0 saturated carbocycles. The summed E-state index contributed by atoms with van der Waals surface area (Å²) in [6.45, 7) is 4.60. The van der Waals surface area contributed by atoms with Crippen LogP contribution in [0.15, 0.2) is 36.6 Å². The molecule has 0 bridgehead atoms. The second-order valence-electron chi connectivity index (χ2n) is 5.43. The maximum absolute atomic E-state index is 12.3. The number of anilines is 1. The van der Waals surface area contributed by atoms with E-state index < -0.39 is 5.60 Å². The summed E-state index contributed by atoms with van der Waals surface area (Å²) in [4.78, 5) is 12.3. The van der Waals surface area contributed by atoms with E-state index >= 15 is 0 Å². The zero-order valence-corrected chi connectivity index (χ0v) is 12.7. The minimum Gasteiger partial charge on any atom is -0.491 e. The fraction of sp³-hybridized carbons (Fsp3) is 0.471. The molecule has 1 N–H and O–H groups in total. The second kappa shape index (κ2) is 7.16. The smallest absolute Gasteiger partial charge is 0.268 e. The molecule has 4 nitrogen and oxygen atoms in total. The first-order chi connectivity index (χ1) is 10.2. The number of benzene rings is 1. The summed E-state index contributed by atoms with van der Waals surface area (Å²) >= 11 is 0. The number of carbonyl (C=O) groups excluding carboxylic acids is 1. The molecule has 2 rings (SSSR count). The normalized spacial score (nSPS) is 20.1. The molecule has 1 aliphatic heterocycles. The van der Waals surface area contributed by atoms with Crippen LogP contribution in [0.5, 0.6) is 5.75 Å². The molecular weight excluding hydrogens is 266 g/mol. The Morgan fingerprint density at radius 3 is 2.90 bits per heavy atom. The van der Waals surface area contributed by atoms with E-state index in [9.17, 15) is 4.79 Å². The number of amides is 1. The molecule has 0 fully saturated rings. The highest BCUT2D eigenvalue weighted by Gasteiger charge is 2.36. The number of hydrogen-bond donors (Lipinski definition) is 1. The molecular formula is C17H23NO3. The summed E-state index contributed by atoms with van der Waals surface area (Å²) in [6.07, 6.45) is 7.33. The van der Waals surface area contributed by atoms with Crippen molar-refractivity contribution >= 4 is 11.6 Å². The summed E-state index contributed by atoms with van der Waals surface area (Å²) in [5.41, 5.74) is -0.134. The Labute approximate surface area is 126 Å². The molecule has 0 saturated heterocycles. The van der Waals surface area contributed by atoms with Gasteiger partial charge < -0.3 is 14.8 Å². The van der Waals surface area contributed by atoms with Crippen LogP contribution in [-0.2, 0) is 9.53 Å². The molecule has 1 unspecified atom stereocenters. The molecule has 0 aliphatic carbocycles. The minimum atomic E-state index is -0.824. The molecule has 0 spiro atoms. The second-order valence-corrected chi connectivity index (χ2v) is 5.43. The van der Waals surface area contributed by atoms with Gasteiger partial charge in [0.15, 0.2) is 5.60 Å². The van der Waals surface area contributed by atoms with Gasteiger partial charge in [-0.25, -0.2) is 0 Å². The maximum atomic E-state index is 12.3. The van der Waals surface area contributed by atoms with Crippen LogP contribution in [0.2, 0.25) is 0 Å². The zero-order valence-electron chi connectivity index (χ0n) is 12.7. The lowest BCUT2D eigenvalue weighted by atomic mass is 10.0. The third-order valence-corrected chi connectivity index (χ3v) is 3.55. The van der Waals surface area contributed by atoms with Gasteiger partial charge in [0.1, 0.15) is 5.75 Å². The van der Waals surface area contributed by atoms with E-state index in [-0.39, 0.29) is 5.91 Å². The summed E-state index contributed by atoms with van der Waals surface area (Å²) in [5.74, 6) is 0.550. The Hall–Kier alpha value is -1.97. The minimum absolute atomic E-state index is 0.155. The lowest BCUT2D eigenvalue weighted by Gasteiger charge is -2.23. The monoisotopic (exact) mass is 289 g/mol. The van der Waals surface area contributed by atoms with Crippen molar-refractivity contribution < 1.29 is 14.3 Å². The highest BCUT2D eigenvalue weighted by atomic mass is 16.5. The molecule has 1 aliphatic rings. The van der Waals surface area contributed by atoms with E-state index in [4.69, 9.17) is 9.47 Å². The van der Waals surface area contributed by atoms with Crippen LogP contribution < -0.4 is 10.1 Å². The maximum Gasteiger partial charge on any atom is 0.268 e. The summed E-state index contributed by atoms with van der Waals surface area (Å²) in [6, 6.07) is 7.50. The number of nitrogens with one attached hydrogen (secondary N) is 1. The van der Waals surface area contributed by atoms with Crippen LogP contribution in [-0.4, -0.2) is 18.1 Å². The number of unbranched alkanes of at least 4 members (excludes halogenated alkanes) is 2. The lowest BCUT2D eigenvalue weighted by molar-refractivity contribution is -0.131. The SMILES string of the molecule is CCCCCOc1ccccc1NC(=O)C1(C)CC=CO1. The van der Waals surface area contributed by atoms with Crippen molar-refractivity contribution in [3.05, 3.63) is 36.6 Å². The number of carbonyl (C=O) groups is 1. The Balaban J connectivity index is 1.97. The topological polar surface area (TPSA) is 47.6 Å². The van der Waals surface area contributed by atoms with Crippen LogP contribution in [0.4, 0.5) is 5.69 Å². The van der Waals surface area contributed by atoms with Crippen LogP contribution in [0, 0.1) is 0 Å². The van der Waals surface area contributed by atoms with Gasteiger partial charge in [-0.3, -0.25) is 4.79 Å². The van der Waals surface area contributed by atoms with Crippen molar-refractivity contribution in [1.29, 1.82) is 0 Å². The van der Waals surface area contributed by atoms with Gasteiger partial charge in [-0.1, -0.05) is 31.9 Å². The highest BCUT2D eigenvalue weighted by Crippen LogP contribution is 2.28. The van der Waals surface area contributed by atoms with Gasteiger partial charge in [0.05, 0.1) is 18.6 Å². The van der Waals surface area contributed by atoms with Crippen molar-refractivity contribution in [2.75, 3.05) is 11.9 Å². The van der Waals surface area contributed by atoms with Crippen molar-refractivity contribution in [1.82, 2.24) is 0 Å². The number of para-hydroxylation sites is 2. The molecule has 4 heteroatoms. The van der Waals surface area contributed by atoms with Gasteiger partial charge in [-0.15, -0.1) is 0 Å². The van der Waals surface area contributed by atoms with Crippen molar-refractivity contribution in [2.45, 2.75) is 45.1 Å². The largest absolute Gasteiger partial charge is 0.491 e. The molecule has 1 aromatic carbocycles. The Morgan fingerprint density at radius 1 is 1.38 bits per heavy atom. The standard InChI is InChI=1S/C17H23NO3/c1-3-4-7-12-20-15-10-6-5-9-14(15)18-16(19)17(2)11-8-13-21-17/h5-6,8-10,13H,3-4,7,11-12H2,1-2H3,(H,18,19). The molecule has 1 amide bonds. The Kier molecular flexibility index (Phi) is 5.26. The van der Waals surface area contributed by atoms with E-state index in [2.05, 4.69) is 12.2 Å². The lowest BCUT2D eigenvalue weighted by Crippen LogP contribution is -2.39. The van der Waals surface area contributed by atoms with Gasteiger partial charge in [-0.05, 0) is 31.6 Å². The zero-order chi connectivity index (χ0) is 15.1. The number of hydrogen-bond acceptors (Lipinski definition) is 3. The van der Waals surface area contributed by atoms with E-state index in [1.54, 1.807) is 13.2 Å². The first kappa shape index (κ1) is 15.4. The Bertz CT molecular complexity index is 503. The van der Waals surface area contributed by atoms with Crippen LogP contribution in [0.3, 0.4) is 0 Å². The quantitative estimate of drug-likeness (QED) is 0.775. The van der Waals surface area contributed by atoms with Crippen LogP contribution >= 0.6 is 0 Å². The van der Waals surface area contributed by atoms with Gasteiger partial charge in [0, 0.05) is 6.42 Å². The summed E-state index contributed by atoms with van der Waals surface area (Å²) in [5, 5.41) is 2.90. The van der Waals surface area contributed by atoms with Crippen LogP contribution in [0.25, 0.3) is 0 Å². The number of rotatable bonds is 7. The average Bonchev–Trinajstić information content (AvgIpc) is 2.93. The predicted molar refractivity (Wildman–Crippen MR) is 83.3 cm³/mol. The molecule has 1 atom stereocenters. The first-order valence-electron chi connectivity index (χ1n) is 7.52. The summed E-state index contributed by atoms with van der Waals surface area (Å²) < 4.78 is 11.2. The van der Waals surface area contributed by atoms with Gasteiger partial charge in [0.25, 0.3) is 5.91 Å². The average molecular weight is 289 g/mol. The van der Waals surface area contributed by atoms with Crippen molar-refractivity contribution in [2.24, 2.45) is 0 Å². The van der Waals surface area contributed by atoms with Crippen molar-refractivity contribution in [3.8, 4) is 5.75 Å². The fourth-order valence-corrected chi connectivity index (χ4v) is 2.15. The van der Waals surface area contributed by atoms with E-state index in [1.807, 2.05) is 30.3 Å². The number of ether oxygens (including phenoxy) is 2. The molecule has 0 radical (unpaired) electrons. The van der Waals surface area contributed by atoms with Gasteiger partial charge >= 0.3 is 0 Å². The highest BCUT2D eigenvalue weighted by molar-refractivity contribution is 5.98. The summed E-state index contributed by atoms with van der Waals surface area (Å²) in [7, 11) is 0. The Morgan fingerprint density at radius 2 is 2.19 bits per heavy atom. The van der Waals surface area contributed by atoms with E-state index in [0.717, 1.165) is 19.3 Å². The fourth-order valence-electron chi connectivity index (χ4n) is 2.15. The molecule has 114 valence electrons. The van der Waals surface area contributed by atoms with E-state index in [1.165, 1.54) is 0 Å². The third kappa shape index (κ3) is 4.00. The van der Waals surface area contributed by atoms with Crippen LogP contribution in [0.1, 0.15) is 39.5 Å². The van der Waals surface area contributed by atoms with Crippen molar-refractivity contribution in [3.63, 3.8) is 0 Å². The molecule has 1 aromatic rings. The third-order valence-electron chi connectivity index (χ3n) is 3.55.